The highest BCUT2D eigenvalue weighted by Gasteiger charge is 1.95. The lowest BCUT2D eigenvalue weighted by Crippen LogP contribution is -1.89. The maximum atomic E-state index is 10.8. The van der Waals surface area contributed by atoms with E-state index in [2.05, 4.69) is 19.1 Å². The molecule has 0 amide bonds. The molecule has 24 heavy (non-hydrogen) atoms. The Morgan fingerprint density at radius 3 is 1.38 bits per heavy atom. The SMILES string of the molecule is CCCCCCCC/C=C\CCCCCCCCCCCC(C)=O. The van der Waals surface area contributed by atoms with E-state index in [1.807, 2.05) is 0 Å². The van der Waals surface area contributed by atoms with Crippen LogP contribution in [-0.4, -0.2) is 5.78 Å². The van der Waals surface area contributed by atoms with Crippen LogP contribution in [0, 0.1) is 0 Å². The fraction of sp³-hybridized carbons (Fsp3) is 0.870. The summed E-state index contributed by atoms with van der Waals surface area (Å²) in [6.45, 7) is 3.98. The van der Waals surface area contributed by atoms with Crippen LogP contribution in [0.3, 0.4) is 0 Å². The van der Waals surface area contributed by atoms with Gasteiger partial charge in [0, 0.05) is 6.42 Å². The van der Waals surface area contributed by atoms with Gasteiger partial charge in [-0.1, -0.05) is 96.1 Å². The summed E-state index contributed by atoms with van der Waals surface area (Å²) >= 11 is 0. The van der Waals surface area contributed by atoms with Crippen molar-refractivity contribution in [2.45, 2.75) is 129 Å². The molecule has 0 rings (SSSR count). The molecule has 1 nitrogen and oxygen atoms in total. The zero-order valence-electron chi connectivity index (χ0n) is 16.8. The van der Waals surface area contributed by atoms with E-state index in [9.17, 15) is 4.79 Å². The van der Waals surface area contributed by atoms with Crippen molar-refractivity contribution >= 4 is 5.78 Å². The molecular weight excluding hydrogens is 292 g/mol. The van der Waals surface area contributed by atoms with E-state index in [1.165, 1.54) is 103 Å². The smallest absolute Gasteiger partial charge is 0.129 e. The third-order valence-electron chi connectivity index (χ3n) is 4.79. The Bertz CT molecular complexity index is 280. The van der Waals surface area contributed by atoms with Gasteiger partial charge in [-0.05, 0) is 39.0 Å². The summed E-state index contributed by atoms with van der Waals surface area (Å²) in [5.74, 6) is 0.344. The molecule has 0 spiro atoms. The zero-order chi connectivity index (χ0) is 17.7. The molecule has 0 aromatic heterocycles. The Labute approximate surface area is 152 Å². The fourth-order valence-corrected chi connectivity index (χ4v) is 3.15. The lowest BCUT2D eigenvalue weighted by atomic mass is 10.0. The summed E-state index contributed by atoms with van der Waals surface area (Å²) < 4.78 is 0. The van der Waals surface area contributed by atoms with Gasteiger partial charge in [0.25, 0.3) is 0 Å². The van der Waals surface area contributed by atoms with Crippen molar-refractivity contribution in [2.75, 3.05) is 0 Å². The number of unbranched alkanes of at least 4 members (excludes halogenated alkanes) is 15. The second-order valence-corrected chi connectivity index (χ2v) is 7.45. The molecule has 1 heteroatoms. The van der Waals surface area contributed by atoms with Gasteiger partial charge in [0.2, 0.25) is 0 Å². The van der Waals surface area contributed by atoms with E-state index in [0.717, 1.165) is 12.8 Å². The third-order valence-corrected chi connectivity index (χ3v) is 4.79. The Hall–Kier alpha value is -0.590. The Morgan fingerprint density at radius 1 is 0.583 bits per heavy atom. The number of hydrogen-bond acceptors (Lipinski definition) is 1. The molecule has 0 unspecified atom stereocenters. The van der Waals surface area contributed by atoms with Crippen LogP contribution in [0.2, 0.25) is 0 Å². The minimum atomic E-state index is 0.344. The molecule has 0 aliphatic carbocycles. The summed E-state index contributed by atoms with van der Waals surface area (Å²) in [4.78, 5) is 10.8. The Morgan fingerprint density at radius 2 is 0.958 bits per heavy atom. The molecule has 0 saturated heterocycles. The molecule has 0 radical (unpaired) electrons. The van der Waals surface area contributed by atoms with E-state index in [-0.39, 0.29) is 0 Å². The first-order valence-electron chi connectivity index (χ1n) is 10.9. The molecule has 0 fully saturated rings. The van der Waals surface area contributed by atoms with Crippen LogP contribution in [0.4, 0.5) is 0 Å². The van der Waals surface area contributed by atoms with Gasteiger partial charge in [0.15, 0.2) is 0 Å². The van der Waals surface area contributed by atoms with Gasteiger partial charge in [0.1, 0.15) is 5.78 Å². The number of Topliss-reactive ketones (excluding diaryl/α,β-unsaturated/α-hetero) is 1. The highest BCUT2D eigenvalue weighted by molar-refractivity contribution is 5.75. The highest BCUT2D eigenvalue weighted by atomic mass is 16.1. The van der Waals surface area contributed by atoms with Crippen molar-refractivity contribution in [3.05, 3.63) is 12.2 Å². The summed E-state index contributed by atoms with van der Waals surface area (Å²) in [6.07, 6.45) is 28.5. The van der Waals surface area contributed by atoms with Crippen LogP contribution < -0.4 is 0 Å². The minimum Gasteiger partial charge on any atom is -0.300 e. The van der Waals surface area contributed by atoms with Crippen molar-refractivity contribution in [2.24, 2.45) is 0 Å². The second-order valence-electron chi connectivity index (χ2n) is 7.45. The van der Waals surface area contributed by atoms with E-state index in [0.29, 0.717) is 5.78 Å². The van der Waals surface area contributed by atoms with E-state index in [4.69, 9.17) is 0 Å². The van der Waals surface area contributed by atoms with Gasteiger partial charge < -0.3 is 4.79 Å². The monoisotopic (exact) mass is 336 g/mol. The van der Waals surface area contributed by atoms with Crippen molar-refractivity contribution in [3.8, 4) is 0 Å². The normalized spacial score (nSPS) is 11.4. The number of rotatable bonds is 19. The van der Waals surface area contributed by atoms with Gasteiger partial charge in [-0.3, -0.25) is 0 Å². The van der Waals surface area contributed by atoms with E-state index >= 15 is 0 Å². The number of carbonyl (C=O) groups excluding carboxylic acids is 1. The number of ketones is 1. The Kier molecular flexibility index (Phi) is 20.0. The summed E-state index contributed by atoms with van der Waals surface area (Å²) in [7, 11) is 0. The first kappa shape index (κ1) is 23.4. The van der Waals surface area contributed by atoms with Crippen LogP contribution in [-0.2, 0) is 4.79 Å². The van der Waals surface area contributed by atoms with Crippen LogP contribution in [0.1, 0.15) is 129 Å². The first-order chi connectivity index (χ1) is 11.8. The average molecular weight is 337 g/mol. The average Bonchev–Trinajstić information content (AvgIpc) is 2.56. The lowest BCUT2D eigenvalue weighted by Gasteiger charge is -2.01. The number of hydrogen-bond donors (Lipinski definition) is 0. The molecule has 0 aliphatic heterocycles. The molecule has 0 atom stereocenters. The molecule has 0 aromatic rings. The van der Waals surface area contributed by atoms with Crippen LogP contribution in [0.15, 0.2) is 12.2 Å². The molecule has 0 aromatic carbocycles. The highest BCUT2D eigenvalue weighted by Crippen LogP contribution is 2.12. The van der Waals surface area contributed by atoms with Gasteiger partial charge in [-0.25, -0.2) is 0 Å². The fourth-order valence-electron chi connectivity index (χ4n) is 3.15. The predicted molar refractivity (Wildman–Crippen MR) is 109 cm³/mol. The molecule has 0 heterocycles. The summed E-state index contributed by atoms with van der Waals surface area (Å²) in [5, 5.41) is 0. The number of carbonyl (C=O) groups is 1. The molecule has 0 aliphatic rings. The quantitative estimate of drug-likeness (QED) is 0.172. The van der Waals surface area contributed by atoms with Crippen molar-refractivity contribution < 1.29 is 4.79 Å². The van der Waals surface area contributed by atoms with Crippen LogP contribution >= 0.6 is 0 Å². The van der Waals surface area contributed by atoms with Gasteiger partial charge in [-0.15, -0.1) is 0 Å². The maximum Gasteiger partial charge on any atom is 0.129 e. The molecule has 0 N–H and O–H groups in total. The van der Waals surface area contributed by atoms with E-state index in [1.54, 1.807) is 6.92 Å². The Balaban J connectivity index is 3.06. The van der Waals surface area contributed by atoms with Gasteiger partial charge >= 0.3 is 0 Å². The summed E-state index contributed by atoms with van der Waals surface area (Å²) in [5.41, 5.74) is 0. The summed E-state index contributed by atoms with van der Waals surface area (Å²) in [6, 6.07) is 0. The zero-order valence-corrected chi connectivity index (χ0v) is 16.8. The standard InChI is InChI=1S/C23H44O/c1-3-4-5-6-7-8-9-10-11-12-13-14-15-16-17-18-19-20-21-22-23(2)24/h10-11H,3-9,12-22H2,1-2H3/b11-10-. The van der Waals surface area contributed by atoms with Crippen molar-refractivity contribution in [3.63, 3.8) is 0 Å². The number of allylic oxidation sites excluding steroid dienone is 2. The second kappa shape index (κ2) is 20.5. The topological polar surface area (TPSA) is 17.1 Å². The molecule has 0 saturated carbocycles. The third kappa shape index (κ3) is 21.4. The molecule has 0 bridgehead atoms. The van der Waals surface area contributed by atoms with Gasteiger partial charge in [0.05, 0.1) is 0 Å². The predicted octanol–water partition coefficient (Wildman–Crippen LogP) is 8.17. The maximum absolute atomic E-state index is 10.8. The minimum absolute atomic E-state index is 0.344. The van der Waals surface area contributed by atoms with Crippen LogP contribution in [0.25, 0.3) is 0 Å². The first-order valence-corrected chi connectivity index (χ1v) is 10.9. The van der Waals surface area contributed by atoms with Crippen molar-refractivity contribution in [1.29, 1.82) is 0 Å². The lowest BCUT2D eigenvalue weighted by molar-refractivity contribution is -0.117. The largest absolute Gasteiger partial charge is 0.300 e. The molecule has 142 valence electrons. The van der Waals surface area contributed by atoms with Gasteiger partial charge in [-0.2, -0.15) is 0 Å². The molecular formula is C23H44O. The van der Waals surface area contributed by atoms with Crippen LogP contribution in [0.5, 0.6) is 0 Å². The van der Waals surface area contributed by atoms with Crippen molar-refractivity contribution in [1.82, 2.24) is 0 Å². The van der Waals surface area contributed by atoms with E-state index < -0.39 is 0 Å².